The summed E-state index contributed by atoms with van der Waals surface area (Å²) in [6.45, 7) is 8.53. The van der Waals surface area contributed by atoms with Crippen molar-refractivity contribution in [1.29, 1.82) is 0 Å². The van der Waals surface area contributed by atoms with Gasteiger partial charge in [0.2, 0.25) is 5.95 Å². The molecule has 0 aliphatic heterocycles. The van der Waals surface area contributed by atoms with Crippen LogP contribution in [0.3, 0.4) is 0 Å². The zero-order valence-corrected chi connectivity index (χ0v) is 24.1. The average molecular weight is 556 g/mol. The lowest BCUT2D eigenvalue weighted by atomic mass is 10.0. The summed E-state index contributed by atoms with van der Waals surface area (Å²) >= 11 is 1.69. The summed E-state index contributed by atoms with van der Waals surface area (Å²) in [5.41, 5.74) is 1.91. The summed E-state index contributed by atoms with van der Waals surface area (Å²) in [6.07, 6.45) is 16.8. The minimum absolute atomic E-state index is 0.221. The summed E-state index contributed by atoms with van der Waals surface area (Å²) in [5.74, 6) is 2.57. The van der Waals surface area contributed by atoms with E-state index in [1.165, 1.54) is 17.7 Å². The zero-order valence-electron chi connectivity index (χ0n) is 23.3. The molecular weight excluding hydrogens is 511 g/mol. The zero-order chi connectivity index (χ0) is 28.3. The lowest BCUT2D eigenvalue weighted by Gasteiger charge is -2.16. The normalized spacial score (nSPS) is 13.7. The van der Waals surface area contributed by atoms with Gasteiger partial charge in [0.1, 0.15) is 10.8 Å². The third-order valence-corrected chi connectivity index (χ3v) is 6.76. The first-order chi connectivity index (χ1) is 18.4. The molecule has 1 atom stereocenters. The van der Waals surface area contributed by atoms with E-state index in [0.717, 1.165) is 66.8 Å². The molecule has 6 nitrogen and oxygen atoms in total. The Morgan fingerprint density at radius 1 is 1.11 bits per heavy atom. The Morgan fingerprint density at radius 3 is 2.39 bits per heavy atom. The fourth-order valence-corrected chi connectivity index (χ4v) is 4.39. The highest BCUT2D eigenvalue weighted by molar-refractivity contribution is 7.15. The summed E-state index contributed by atoms with van der Waals surface area (Å²) < 4.78 is 29.0. The summed E-state index contributed by atoms with van der Waals surface area (Å²) in [4.78, 5) is 15.5. The Labute approximate surface area is 229 Å². The number of anilines is 2. The van der Waals surface area contributed by atoms with Gasteiger partial charge < -0.3 is 15.7 Å². The molecule has 0 radical (unpaired) electrons. The van der Waals surface area contributed by atoms with E-state index in [-0.39, 0.29) is 6.61 Å². The first-order valence-electron chi connectivity index (χ1n) is 13.5. The molecular formula is C28H44F3N5OS. The molecule has 1 saturated carbocycles. The van der Waals surface area contributed by atoms with Crippen LogP contribution in [0.5, 0.6) is 0 Å². The van der Waals surface area contributed by atoms with E-state index in [2.05, 4.69) is 48.8 Å². The Hall–Kier alpha value is -2.46. The second kappa shape index (κ2) is 19.6. The van der Waals surface area contributed by atoms with Gasteiger partial charge in [0, 0.05) is 37.2 Å². The monoisotopic (exact) mass is 555 g/mol. The number of hydrogen-bond acceptors (Lipinski definition) is 7. The lowest BCUT2D eigenvalue weighted by molar-refractivity contribution is 0.00819. The van der Waals surface area contributed by atoms with Crippen LogP contribution in [0.25, 0.3) is 10.6 Å². The number of allylic oxidation sites excluding steroid dienone is 4. The SMILES string of the molecule is CC.CC/C=C\C=CCc1cnc(-c2c(C)nc(NCC3CC3)nc2NCCC(CC)CO)s1.FC(F)F. The van der Waals surface area contributed by atoms with E-state index in [1.807, 2.05) is 27.0 Å². The van der Waals surface area contributed by atoms with E-state index in [9.17, 15) is 18.3 Å². The van der Waals surface area contributed by atoms with Gasteiger partial charge >= 0.3 is 6.68 Å². The van der Waals surface area contributed by atoms with E-state index in [4.69, 9.17) is 15.0 Å². The minimum atomic E-state index is -3.67. The molecule has 3 N–H and O–H groups in total. The van der Waals surface area contributed by atoms with Crippen LogP contribution in [0.15, 0.2) is 30.5 Å². The van der Waals surface area contributed by atoms with Crippen molar-refractivity contribution >= 4 is 23.1 Å². The molecule has 0 saturated heterocycles. The number of aliphatic hydroxyl groups is 1. The number of thiazole rings is 1. The van der Waals surface area contributed by atoms with Crippen LogP contribution < -0.4 is 10.6 Å². The van der Waals surface area contributed by atoms with Crippen LogP contribution in [-0.2, 0) is 6.42 Å². The number of hydrogen-bond donors (Lipinski definition) is 3. The molecule has 10 heteroatoms. The molecule has 2 aromatic heterocycles. The maximum atomic E-state index is 9.67. The Bertz CT molecular complexity index is 957. The van der Waals surface area contributed by atoms with E-state index in [1.54, 1.807) is 11.3 Å². The minimum Gasteiger partial charge on any atom is -0.396 e. The molecule has 1 aliphatic carbocycles. The second-order valence-corrected chi connectivity index (χ2v) is 9.82. The predicted octanol–water partition coefficient (Wildman–Crippen LogP) is 7.82. The van der Waals surface area contributed by atoms with Gasteiger partial charge in [-0.15, -0.1) is 11.3 Å². The summed E-state index contributed by atoms with van der Waals surface area (Å²) in [6, 6.07) is 0. The molecule has 1 fully saturated rings. The number of alkyl halides is 3. The topological polar surface area (TPSA) is 83.0 Å². The van der Waals surface area contributed by atoms with Crippen molar-refractivity contribution in [2.75, 3.05) is 30.3 Å². The quantitative estimate of drug-likeness (QED) is 0.206. The van der Waals surface area contributed by atoms with Gasteiger partial charge in [-0.05, 0) is 44.4 Å². The average Bonchev–Trinajstić information content (AvgIpc) is 3.62. The van der Waals surface area contributed by atoms with Gasteiger partial charge in [-0.25, -0.2) is 9.97 Å². The van der Waals surface area contributed by atoms with Crippen LogP contribution in [0.4, 0.5) is 24.9 Å². The first-order valence-corrected chi connectivity index (χ1v) is 14.4. The summed E-state index contributed by atoms with van der Waals surface area (Å²) in [7, 11) is 0. The van der Waals surface area contributed by atoms with Gasteiger partial charge in [0.15, 0.2) is 0 Å². The Kier molecular flexibility index (Phi) is 17.3. The van der Waals surface area contributed by atoms with Crippen LogP contribution in [0.1, 0.15) is 70.4 Å². The van der Waals surface area contributed by atoms with Gasteiger partial charge in [0.25, 0.3) is 0 Å². The maximum absolute atomic E-state index is 9.67. The lowest BCUT2D eigenvalue weighted by Crippen LogP contribution is -2.15. The van der Waals surface area contributed by atoms with E-state index in [0.29, 0.717) is 11.9 Å². The number of aromatic nitrogens is 3. The molecule has 1 aliphatic rings. The van der Waals surface area contributed by atoms with Gasteiger partial charge in [-0.1, -0.05) is 58.4 Å². The van der Waals surface area contributed by atoms with Gasteiger partial charge in [-0.2, -0.15) is 18.2 Å². The maximum Gasteiger partial charge on any atom is 0.379 e. The van der Waals surface area contributed by atoms with Gasteiger partial charge in [-0.3, -0.25) is 0 Å². The molecule has 0 aromatic carbocycles. The van der Waals surface area contributed by atoms with Crippen molar-refractivity contribution in [3.63, 3.8) is 0 Å². The van der Waals surface area contributed by atoms with Crippen LogP contribution in [0, 0.1) is 18.8 Å². The molecule has 0 spiro atoms. The number of rotatable bonds is 14. The number of aliphatic hydroxyl groups excluding tert-OH is 1. The fourth-order valence-electron chi connectivity index (χ4n) is 3.41. The molecule has 2 heterocycles. The van der Waals surface area contributed by atoms with Gasteiger partial charge in [0.05, 0.1) is 11.3 Å². The third kappa shape index (κ3) is 13.4. The predicted molar refractivity (Wildman–Crippen MR) is 154 cm³/mol. The smallest absolute Gasteiger partial charge is 0.379 e. The fraction of sp³-hybridized carbons (Fsp3) is 0.607. The largest absolute Gasteiger partial charge is 0.396 e. The second-order valence-electron chi connectivity index (χ2n) is 8.70. The highest BCUT2D eigenvalue weighted by atomic mass is 32.1. The molecule has 214 valence electrons. The standard InChI is InChI=1S/C25H37N5OS.C2H6.CHF3/c1-4-6-7-8-9-10-21-16-27-24(32-21)22-18(3)29-25(28-15-20-11-12-20)30-23(22)26-14-13-19(5-2)17-31;1-2;2-1(3)4/h6-9,16,19-20,31H,4-5,10-15,17H2,1-3H3,(H2,26,28,29,30);1-2H3;1H/b7-6-,9-8?;;. The van der Waals surface area contributed by atoms with Crippen LogP contribution in [-0.4, -0.2) is 46.4 Å². The van der Waals surface area contributed by atoms with Crippen molar-refractivity contribution < 1.29 is 18.3 Å². The van der Waals surface area contributed by atoms with E-state index >= 15 is 0 Å². The first kappa shape index (κ1) is 33.6. The van der Waals surface area contributed by atoms with Crippen molar-refractivity contribution in [2.24, 2.45) is 11.8 Å². The molecule has 0 amide bonds. The third-order valence-electron chi connectivity index (χ3n) is 5.72. The Balaban J connectivity index is 0.00000110. The molecule has 1 unspecified atom stereocenters. The summed E-state index contributed by atoms with van der Waals surface area (Å²) in [5, 5.41) is 17.4. The molecule has 0 bridgehead atoms. The van der Waals surface area contributed by atoms with Crippen molar-refractivity contribution in [1.82, 2.24) is 15.0 Å². The highest BCUT2D eigenvalue weighted by Gasteiger charge is 2.22. The number of nitrogens with zero attached hydrogens (tertiary/aromatic N) is 3. The molecule has 2 aromatic rings. The van der Waals surface area contributed by atoms with Crippen molar-refractivity contribution in [3.05, 3.63) is 41.1 Å². The van der Waals surface area contributed by atoms with E-state index < -0.39 is 6.68 Å². The van der Waals surface area contributed by atoms with Crippen molar-refractivity contribution in [3.8, 4) is 10.6 Å². The molecule has 38 heavy (non-hydrogen) atoms. The molecule has 3 rings (SSSR count). The van der Waals surface area contributed by atoms with Crippen molar-refractivity contribution in [2.45, 2.75) is 79.8 Å². The van der Waals surface area contributed by atoms with Crippen LogP contribution >= 0.6 is 11.3 Å². The Morgan fingerprint density at radius 2 is 1.79 bits per heavy atom. The number of nitrogens with one attached hydrogen (secondary N) is 2. The number of halogens is 3. The number of aryl methyl sites for hydroxylation is 1. The highest BCUT2D eigenvalue weighted by Crippen LogP contribution is 2.34. The van der Waals surface area contributed by atoms with Crippen LogP contribution in [0.2, 0.25) is 0 Å².